The van der Waals surface area contributed by atoms with Crippen molar-refractivity contribution in [2.24, 2.45) is 0 Å². The Bertz CT molecular complexity index is 546. The fourth-order valence-electron chi connectivity index (χ4n) is 2.71. The molecule has 3 N–H and O–H groups in total. The van der Waals surface area contributed by atoms with Crippen LogP contribution >= 0.6 is 0 Å². The monoisotopic (exact) mass is 311 g/mol. The molecule has 5 nitrogen and oxygen atoms in total. The summed E-state index contributed by atoms with van der Waals surface area (Å²) in [6, 6.07) is 4.90. The number of nitrogens with two attached hydrogens (primary N) is 1. The zero-order valence-corrected chi connectivity index (χ0v) is 13.5. The van der Waals surface area contributed by atoms with Crippen molar-refractivity contribution in [3.05, 3.63) is 23.8 Å². The number of anilines is 1. The van der Waals surface area contributed by atoms with Gasteiger partial charge >= 0.3 is 0 Å². The number of benzene rings is 1. The lowest BCUT2D eigenvalue weighted by molar-refractivity contribution is 0.227. The number of nitrogens with one attached hydrogen (secondary N) is 1. The number of hydrogen-bond acceptors (Lipinski definition) is 4. The quantitative estimate of drug-likeness (QED) is 0.620. The van der Waals surface area contributed by atoms with Gasteiger partial charge in [0, 0.05) is 12.2 Å². The van der Waals surface area contributed by atoms with Crippen LogP contribution in [0.4, 0.5) is 5.69 Å². The first-order valence-corrected chi connectivity index (χ1v) is 9.05. The Hall–Kier alpha value is -1.11. The zero-order chi connectivity index (χ0) is 15.3. The van der Waals surface area contributed by atoms with E-state index in [9.17, 15) is 8.42 Å². The average molecular weight is 311 g/mol. The molecule has 0 unspecified atom stereocenters. The lowest BCUT2D eigenvalue weighted by Crippen LogP contribution is -2.33. The lowest BCUT2D eigenvalue weighted by atomic mass is 10.1. The Morgan fingerprint density at radius 2 is 1.90 bits per heavy atom. The van der Waals surface area contributed by atoms with Gasteiger partial charge in [-0.1, -0.05) is 6.42 Å². The van der Waals surface area contributed by atoms with Gasteiger partial charge in [0.25, 0.3) is 0 Å². The smallest absolute Gasteiger partial charge is 0.240 e. The van der Waals surface area contributed by atoms with Gasteiger partial charge in [-0.2, -0.15) is 0 Å². The van der Waals surface area contributed by atoms with Gasteiger partial charge in [-0.3, -0.25) is 0 Å². The van der Waals surface area contributed by atoms with Crippen molar-refractivity contribution >= 4 is 15.7 Å². The van der Waals surface area contributed by atoms with E-state index in [4.69, 9.17) is 5.73 Å². The molecule has 0 amide bonds. The van der Waals surface area contributed by atoms with E-state index in [1.807, 2.05) is 6.92 Å². The molecule has 1 fully saturated rings. The van der Waals surface area contributed by atoms with Crippen molar-refractivity contribution in [2.45, 2.75) is 37.5 Å². The van der Waals surface area contributed by atoms with Crippen molar-refractivity contribution in [1.82, 2.24) is 9.62 Å². The Balaban J connectivity index is 1.83. The molecule has 0 radical (unpaired) electrons. The molecule has 1 saturated heterocycles. The van der Waals surface area contributed by atoms with Crippen molar-refractivity contribution in [1.29, 1.82) is 0 Å². The summed E-state index contributed by atoms with van der Waals surface area (Å²) in [6.45, 7) is 5.54. The first-order valence-electron chi connectivity index (χ1n) is 7.56. The largest absolute Gasteiger partial charge is 0.399 e. The maximum atomic E-state index is 12.2. The van der Waals surface area contributed by atoms with Crippen LogP contribution in [0.15, 0.2) is 23.1 Å². The third kappa shape index (κ3) is 4.98. The minimum atomic E-state index is -3.46. The molecule has 0 bridgehead atoms. The molecule has 0 aliphatic carbocycles. The van der Waals surface area contributed by atoms with Crippen molar-refractivity contribution in [2.75, 3.05) is 31.9 Å². The number of rotatable bonds is 6. The van der Waals surface area contributed by atoms with E-state index < -0.39 is 10.0 Å². The molecule has 6 heteroatoms. The summed E-state index contributed by atoms with van der Waals surface area (Å²) in [5.41, 5.74) is 7.04. The summed E-state index contributed by atoms with van der Waals surface area (Å²) in [5, 5.41) is 0. The minimum Gasteiger partial charge on any atom is -0.399 e. The van der Waals surface area contributed by atoms with E-state index in [-0.39, 0.29) is 4.90 Å². The van der Waals surface area contributed by atoms with Gasteiger partial charge in [-0.15, -0.1) is 0 Å². The van der Waals surface area contributed by atoms with Gasteiger partial charge in [0.1, 0.15) is 0 Å². The van der Waals surface area contributed by atoms with Gasteiger partial charge in [-0.25, -0.2) is 13.1 Å². The SMILES string of the molecule is Cc1cc(N)cc(S(=O)(=O)NCCCN2CCCCC2)c1. The Morgan fingerprint density at radius 1 is 1.19 bits per heavy atom. The van der Waals surface area contributed by atoms with Crippen LogP contribution in [-0.2, 0) is 10.0 Å². The number of likely N-dealkylation sites (tertiary alicyclic amines) is 1. The first-order chi connectivity index (χ1) is 9.97. The number of aryl methyl sites for hydroxylation is 1. The molecule has 1 aromatic carbocycles. The summed E-state index contributed by atoms with van der Waals surface area (Å²) in [7, 11) is -3.46. The van der Waals surface area contributed by atoms with E-state index in [2.05, 4.69) is 9.62 Å². The Kier molecular flexibility index (Phi) is 5.61. The van der Waals surface area contributed by atoms with Crippen molar-refractivity contribution in [3.63, 3.8) is 0 Å². The normalized spacial score (nSPS) is 17.0. The van der Waals surface area contributed by atoms with E-state index in [0.717, 1.165) is 31.6 Å². The molecule has 118 valence electrons. The average Bonchev–Trinajstić information content (AvgIpc) is 2.44. The highest BCUT2D eigenvalue weighted by Crippen LogP contribution is 2.16. The van der Waals surface area contributed by atoms with Gasteiger partial charge in [0.05, 0.1) is 4.90 Å². The molecule has 0 spiro atoms. The third-order valence-corrected chi connectivity index (χ3v) is 5.22. The fourth-order valence-corrected chi connectivity index (χ4v) is 3.92. The predicted octanol–water partition coefficient (Wildman–Crippen LogP) is 1.73. The van der Waals surface area contributed by atoms with Gasteiger partial charge in [0.15, 0.2) is 0 Å². The number of sulfonamides is 1. The number of nitrogen functional groups attached to an aromatic ring is 1. The van der Waals surface area contributed by atoms with E-state index >= 15 is 0 Å². The molecule has 0 atom stereocenters. The Labute approximate surface area is 127 Å². The number of hydrogen-bond donors (Lipinski definition) is 2. The number of piperidine rings is 1. The van der Waals surface area contributed by atoms with Crippen molar-refractivity contribution in [3.8, 4) is 0 Å². The summed E-state index contributed by atoms with van der Waals surface area (Å²) >= 11 is 0. The lowest BCUT2D eigenvalue weighted by Gasteiger charge is -2.26. The summed E-state index contributed by atoms with van der Waals surface area (Å²) in [4.78, 5) is 2.65. The summed E-state index contributed by atoms with van der Waals surface area (Å²) in [5.74, 6) is 0. The van der Waals surface area contributed by atoms with Gasteiger partial charge in [-0.05, 0) is 69.6 Å². The van der Waals surface area contributed by atoms with Gasteiger partial charge in [0.2, 0.25) is 10.0 Å². The van der Waals surface area contributed by atoms with Crippen LogP contribution in [0.2, 0.25) is 0 Å². The van der Waals surface area contributed by atoms with Crippen LogP contribution in [-0.4, -0.2) is 39.5 Å². The maximum Gasteiger partial charge on any atom is 0.240 e. The second-order valence-electron chi connectivity index (χ2n) is 5.73. The van der Waals surface area contributed by atoms with Crippen molar-refractivity contribution < 1.29 is 8.42 Å². The molecular weight excluding hydrogens is 286 g/mol. The first kappa shape index (κ1) is 16.3. The fraction of sp³-hybridized carbons (Fsp3) is 0.600. The van der Waals surface area contributed by atoms with Crippen LogP contribution in [0.3, 0.4) is 0 Å². The summed E-state index contributed by atoms with van der Waals surface area (Å²) in [6.07, 6.45) is 4.67. The third-order valence-electron chi connectivity index (χ3n) is 3.78. The molecule has 21 heavy (non-hydrogen) atoms. The molecule has 1 aliphatic heterocycles. The molecule has 1 heterocycles. The Morgan fingerprint density at radius 3 is 2.57 bits per heavy atom. The molecule has 1 aliphatic rings. The molecule has 2 rings (SSSR count). The molecular formula is C15H25N3O2S. The van der Waals surface area contributed by atoms with E-state index in [0.29, 0.717) is 12.2 Å². The van der Waals surface area contributed by atoms with E-state index in [1.165, 1.54) is 25.3 Å². The van der Waals surface area contributed by atoms with Crippen LogP contribution in [0.5, 0.6) is 0 Å². The molecule has 0 aromatic heterocycles. The van der Waals surface area contributed by atoms with Gasteiger partial charge < -0.3 is 10.6 Å². The number of nitrogens with zero attached hydrogens (tertiary/aromatic N) is 1. The highest BCUT2D eigenvalue weighted by atomic mass is 32.2. The van der Waals surface area contributed by atoms with E-state index in [1.54, 1.807) is 12.1 Å². The molecule has 1 aromatic rings. The highest BCUT2D eigenvalue weighted by Gasteiger charge is 2.15. The predicted molar refractivity (Wildman–Crippen MR) is 85.7 cm³/mol. The molecule has 0 saturated carbocycles. The topological polar surface area (TPSA) is 75.4 Å². The maximum absolute atomic E-state index is 12.2. The second kappa shape index (κ2) is 7.24. The second-order valence-corrected chi connectivity index (χ2v) is 7.50. The summed E-state index contributed by atoms with van der Waals surface area (Å²) < 4.78 is 27.1. The minimum absolute atomic E-state index is 0.248. The van der Waals surface area contributed by atoms with Crippen LogP contribution in [0, 0.1) is 6.92 Å². The zero-order valence-electron chi connectivity index (χ0n) is 12.6. The standard InChI is InChI=1S/C15H25N3O2S/c1-13-10-14(16)12-15(11-13)21(19,20)17-6-5-9-18-7-3-2-4-8-18/h10-12,17H,2-9,16H2,1H3. The van der Waals surface area contributed by atoms with Crippen LogP contribution < -0.4 is 10.5 Å². The highest BCUT2D eigenvalue weighted by molar-refractivity contribution is 7.89. The van der Waals surface area contributed by atoms with Crippen LogP contribution in [0.25, 0.3) is 0 Å². The van der Waals surface area contributed by atoms with Crippen LogP contribution in [0.1, 0.15) is 31.2 Å².